The van der Waals surface area contributed by atoms with Crippen molar-refractivity contribution >= 4 is 23.7 Å². The quantitative estimate of drug-likeness (QED) is 0.579. The third kappa shape index (κ3) is 6.23. The Bertz CT molecular complexity index is 690. The number of likely N-dealkylation sites (tertiary alicyclic amines) is 1. The van der Waals surface area contributed by atoms with Crippen LogP contribution in [-0.2, 0) is 20.7 Å². The number of aliphatic hydroxyl groups is 1. The van der Waals surface area contributed by atoms with E-state index in [0.29, 0.717) is 25.9 Å². The molecule has 8 nitrogen and oxygen atoms in total. The standard InChI is InChI=1S/C20H33N3O3S.CH2O2/c1-4-10-23-11-7-20(8-12-23)18(25)19(3,9-13-26-20)22-17(24)6-5-16-14-27-15(2)21-16;2-1-3/h14,18,25H,4-13H2,1-3H3,(H,22,24);1H,(H,2,3)/t18-,19+;/m1./s1. The van der Waals surface area contributed by atoms with Crippen molar-refractivity contribution < 1.29 is 24.5 Å². The third-order valence-electron chi connectivity index (χ3n) is 6.05. The van der Waals surface area contributed by atoms with Gasteiger partial charge in [0.05, 0.1) is 21.8 Å². The number of hydrogen-bond acceptors (Lipinski definition) is 7. The van der Waals surface area contributed by atoms with Gasteiger partial charge in [-0.25, -0.2) is 4.98 Å². The number of ether oxygens (including phenoxy) is 1. The van der Waals surface area contributed by atoms with E-state index in [1.165, 1.54) is 0 Å². The minimum atomic E-state index is -0.687. The van der Waals surface area contributed by atoms with E-state index in [2.05, 4.69) is 22.1 Å². The molecule has 2 fully saturated rings. The molecule has 0 radical (unpaired) electrons. The second-order valence-corrected chi connectivity index (χ2v) is 9.40. The number of carbonyl (C=O) groups excluding carboxylic acids is 1. The monoisotopic (exact) mass is 441 g/mol. The highest BCUT2D eigenvalue weighted by atomic mass is 32.1. The molecule has 0 unspecified atom stereocenters. The topological polar surface area (TPSA) is 112 Å². The van der Waals surface area contributed by atoms with Gasteiger partial charge < -0.3 is 25.2 Å². The fourth-order valence-corrected chi connectivity index (χ4v) is 5.08. The molecule has 2 aliphatic heterocycles. The zero-order chi connectivity index (χ0) is 22.2. The Balaban J connectivity index is 0.00000101. The first-order valence-electron chi connectivity index (χ1n) is 10.6. The molecule has 0 aromatic carbocycles. The van der Waals surface area contributed by atoms with Gasteiger partial charge >= 0.3 is 0 Å². The van der Waals surface area contributed by atoms with E-state index in [1.54, 1.807) is 11.3 Å². The number of aryl methyl sites for hydroxylation is 2. The molecule has 3 N–H and O–H groups in total. The second-order valence-electron chi connectivity index (χ2n) is 8.34. The predicted octanol–water partition coefficient (Wildman–Crippen LogP) is 1.99. The molecule has 0 saturated carbocycles. The Morgan fingerprint density at radius 1 is 1.43 bits per heavy atom. The van der Waals surface area contributed by atoms with Crippen LogP contribution in [0.1, 0.15) is 56.7 Å². The third-order valence-corrected chi connectivity index (χ3v) is 6.88. The number of aromatic nitrogens is 1. The molecule has 1 aromatic heterocycles. The molecule has 1 amide bonds. The molecule has 0 aliphatic carbocycles. The van der Waals surface area contributed by atoms with E-state index in [4.69, 9.17) is 14.6 Å². The number of piperidine rings is 1. The summed E-state index contributed by atoms with van der Waals surface area (Å²) in [4.78, 5) is 27.8. The van der Waals surface area contributed by atoms with E-state index >= 15 is 0 Å². The number of nitrogens with zero attached hydrogens (tertiary/aromatic N) is 2. The summed E-state index contributed by atoms with van der Waals surface area (Å²) in [5.74, 6) is -0.0253. The maximum absolute atomic E-state index is 12.6. The minimum absolute atomic E-state index is 0.0253. The van der Waals surface area contributed by atoms with Gasteiger partial charge in [-0.1, -0.05) is 6.92 Å². The van der Waals surface area contributed by atoms with E-state index < -0.39 is 17.2 Å². The van der Waals surface area contributed by atoms with Crippen LogP contribution in [0.15, 0.2) is 5.38 Å². The van der Waals surface area contributed by atoms with Crippen LogP contribution >= 0.6 is 11.3 Å². The van der Waals surface area contributed by atoms with Crippen LogP contribution in [0.5, 0.6) is 0 Å². The summed E-state index contributed by atoms with van der Waals surface area (Å²) in [6, 6.07) is 0. The van der Waals surface area contributed by atoms with Crippen LogP contribution in [0.2, 0.25) is 0 Å². The Hall–Kier alpha value is -1.55. The van der Waals surface area contributed by atoms with E-state index in [0.717, 1.165) is 49.6 Å². The van der Waals surface area contributed by atoms with Gasteiger partial charge in [0.25, 0.3) is 6.47 Å². The van der Waals surface area contributed by atoms with Gasteiger partial charge in [-0.3, -0.25) is 9.59 Å². The van der Waals surface area contributed by atoms with E-state index in [1.807, 2.05) is 19.2 Å². The molecule has 3 rings (SSSR count). The number of hydrogen-bond donors (Lipinski definition) is 3. The van der Waals surface area contributed by atoms with E-state index in [9.17, 15) is 9.90 Å². The zero-order valence-corrected chi connectivity index (χ0v) is 19.0. The van der Waals surface area contributed by atoms with Crippen LogP contribution in [0.4, 0.5) is 0 Å². The summed E-state index contributed by atoms with van der Waals surface area (Å²) < 4.78 is 6.12. The molecule has 1 aromatic rings. The fourth-order valence-electron chi connectivity index (χ4n) is 4.43. The van der Waals surface area contributed by atoms with Gasteiger partial charge in [-0.05, 0) is 52.5 Å². The van der Waals surface area contributed by atoms with Gasteiger partial charge in [-0.15, -0.1) is 11.3 Å². The number of rotatable bonds is 6. The summed E-state index contributed by atoms with van der Waals surface area (Å²) in [6.45, 7) is 9.43. The summed E-state index contributed by atoms with van der Waals surface area (Å²) >= 11 is 1.61. The molecule has 2 aliphatic rings. The molecule has 2 saturated heterocycles. The average Bonchev–Trinajstić information content (AvgIpc) is 3.12. The highest BCUT2D eigenvalue weighted by Crippen LogP contribution is 2.40. The van der Waals surface area contributed by atoms with Crippen molar-refractivity contribution in [2.24, 2.45) is 0 Å². The molecule has 2 atom stereocenters. The molecule has 1 spiro atoms. The van der Waals surface area contributed by atoms with Crippen LogP contribution in [0.3, 0.4) is 0 Å². The predicted molar refractivity (Wildman–Crippen MR) is 116 cm³/mol. The number of aliphatic hydroxyl groups excluding tert-OH is 1. The van der Waals surface area contributed by atoms with Gasteiger partial charge in [-0.2, -0.15) is 0 Å². The van der Waals surface area contributed by atoms with Crippen LogP contribution in [0, 0.1) is 6.92 Å². The molecule has 3 heterocycles. The molecule has 170 valence electrons. The number of amides is 1. The molecular formula is C21H35N3O5S. The maximum atomic E-state index is 12.6. The lowest BCUT2D eigenvalue weighted by Crippen LogP contribution is -2.69. The van der Waals surface area contributed by atoms with Crippen LogP contribution in [-0.4, -0.2) is 76.0 Å². The van der Waals surface area contributed by atoms with Gasteiger partial charge in [0.1, 0.15) is 6.10 Å². The van der Waals surface area contributed by atoms with E-state index in [-0.39, 0.29) is 12.4 Å². The number of carboxylic acid groups (broad SMARTS) is 1. The second kappa shape index (κ2) is 11.2. The summed E-state index contributed by atoms with van der Waals surface area (Å²) in [5, 5.41) is 24.2. The van der Waals surface area contributed by atoms with Crippen molar-refractivity contribution in [3.63, 3.8) is 0 Å². The molecule has 9 heteroatoms. The first-order valence-corrected chi connectivity index (χ1v) is 11.5. The first-order chi connectivity index (χ1) is 14.3. The normalized spacial score (nSPS) is 25.9. The zero-order valence-electron chi connectivity index (χ0n) is 18.2. The van der Waals surface area contributed by atoms with Gasteiger partial charge in [0.2, 0.25) is 5.91 Å². The van der Waals surface area contributed by atoms with Crippen molar-refractivity contribution in [1.29, 1.82) is 0 Å². The highest BCUT2D eigenvalue weighted by molar-refractivity contribution is 7.09. The smallest absolute Gasteiger partial charge is 0.290 e. The van der Waals surface area contributed by atoms with Crippen molar-refractivity contribution in [3.8, 4) is 0 Å². The number of carbonyl (C=O) groups is 2. The summed E-state index contributed by atoms with van der Waals surface area (Å²) in [5.41, 5.74) is -0.207. The van der Waals surface area contributed by atoms with Crippen LogP contribution in [0.25, 0.3) is 0 Å². The molecule has 30 heavy (non-hydrogen) atoms. The Morgan fingerprint density at radius 3 is 2.67 bits per heavy atom. The van der Waals surface area contributed by atoms with Gasteiger partial charge in [0.15, 0.2) is 0 Å². The Kier molecular flexibility index (Phi) is 9.21. The first kappa shape index (κ1) is 24.7. The fraction of sp³-hybridized carbons (Fsp3) is 0.762. The number of nitrogens with one attached hydrogen (secondary N) is 1. The highest BCUT2D eigenvalue weighted by Gasteiger charge is 2.53. The van der Waals surface area contributed by atoms with Crippen molar-refractivity contribution in [1.82, 2.24) is 15.2 Å². The Morgan fingerprint density at radius 2 is 2.10 bits per heavy atom. The SMILES string of the molecule is CCCN1CCC2(CC1)OCC[C@](C)(NC(=O)CCc1csc(C)n1)[C@H]2O.O=CO. The van der Waals surface area contributed by atoms with Crippen LogP contribution < -0.4 is 5.32 Å². The average molecular weight is 442 g/mol. The number of thiazole rings is 1. The summed E-state index contributed by atoms with van der Waals surface area (Å²) in [7, 11) is 0. The minimum Gasteiger partial charge on any atom is -0.483 e. The van der Waals surface area contributed by atoms with Crippen molar-refractivity contribution in [3.05, 3.63) is 16.1 Å². The Labute approximate surface area is 182 Å². The largest absolute Gasteiger partial charge is 0.483 e. The lowest BCUT2D eigenvalue weighted by Gasteiger charge is -2.53. The lowest BCUT2D eigenvalue weighted by molar-refractivity contribution is -0.207. The van der Waals surface area contributed by atoms with Crippen molar-refractivity contribution in [2.75, 3.05) is 26.2 Å². The van der Waals surface area contributed by atoms with Gasteiger partial charge in [0, 0.05) is 31.5 Å². The summed E-state index contributed by atoms with van der Waals surface area (Å²) in [6.07, 6.45) is 3.75. The molecular weight excluding hydrogens is 406 g/mol. The molecule has 0 bridgehead atoms. The van der Waals surface area contributed by atoms with Crippen molar-refractivity contribution in [2.45, 2.75) is 76.5 Å². The lowest BCUT2D eigenvalue weighted by atomic mass is 9.73. The maximum Gasteiger partial charge on any atom is 0.290 e.